The van der Waals surface area contributed by atoms with Gasteiger partial charge >= 0.3 is 0 Å². The minimum atomic E-state index is -0.294. The Bertz CT molecular complexity index is 1120. The number of hydrogen-bond acceptors (Lipinski definition) is 6. The van der Waals surface area contributed by atoms with Gasteiger partial charge in [-0.1, -0.05) is 25.1 Å². The van der Waals surface area contributed by atoms with Crippen LogP contribution >= 0.6 is 0 Å². The third-order valence-corrected chi connectivity index (χ3v) is 4.86. The van der Waals surface area contributed by atoms with Crippen LogP contribution in [-0.4, -0.2) is 36.4 Å². The summed E-state index contributed by atoms with van der Waals surface area (Å²) in [7, 11) is 0. The van der Waals surface area contributed by atoms with Gasteiger partial charge in [-0.3, -0.25) is 24.0 Å². The third kappa shape index (κ3) is 7.67. The van der Waals surface area contributed by atoms with E-state index in [2.05, 4.69) is 25.9 Å². The number of pyridine rings is 2. The molecule has 0 atom stereocenters. The van der Waals surface area contributed by atoms with E-state index in [1.807, 2.05) is 26.0 Å². The van der Waals surface area contributed by atoms with Gasteiger partial charge in [0.1, 0.15) is 0 Å². The highest BCUT2D eigenvalue weighted by Crippen LogP contribution is 2.07. The maximum atomic E-state index is 12.3. The fourth-order valence-electron chi connectivity index (χ4n) is 3.20. The minimum Gasteiger partial charge on any atom is -0.346 e. The number of aromatic nitrogens is 5. The molecule has 3 heterocycles. The number of nitrogens with zero attached hydrogens (tertiary/aromatic N) is 5. The summed E-state index contributed by atoms with van der Waals surface area (Å²) in [5.41, 5.74) is 1.51. The molecule has 0 radical (unpaired) electrons. The van der Waals surface area contributed by atoms with E-state index in [1.54, 1.807) is 40.1 Å². The Labute approximate surface area is 192 Å². The van der Waals surface area contributed by atoms with Crippen LogP contribution < -0.4 is 16.2 Å². The molecule has 33 heavy (non-hydrogen) atoms. The molecule has 2 amide bonds. The molecule has 10 nitrogen and oxygen atoms in total. The number of amides is 2. The van der Waals surface area contributed by atoms with Crippen molar-refractivity contribution in [3.8, 4) is 0 Å². The van der Waals surface area contributed by atoms with Gasteiger partial charge < -0.3 is 15.2 Å². The lowest BCUT2D eigenvalue weighted by Gasteiger charge is -2.09. The first-order valence-corrected chi connectivity index (χ1v) is 11.0. The lowest BCUT2D eigenvalue weighted by atomic mass is 10.1. The number of carbonyl (C=O) groups is 2. The summed E-state index contributed by atoms with van der Waals surface area (Å²) in [4.78, 5) is 40.4. The maximum Gasteiger partial charge on any atom is 0.273 e. The Morgan fingerprint density at radius 1 is 1.15 bits per heavy atom. The Kier molecular flexibility index (Phi) is 8.45. The van der Waals surface area contributed by atoms with Gasteiger partial charge in [-0.2, -0.15) is 0 Å². The molecule has 3 aromatic heterocycles. The van der Waals surface area contributed by atoms with Crippen molar-refractivity contribution >= 4 is 17.5 Å². The number of anilines is 1. The summed E-state index contributed by atoms with van der Waals surface area (Å²) in [5.74, 6) is -0.134. The van der Waals surface area contributed by atoms with Gasteiger partial charge in [-0.25, -0.2) is 0 Å². The Balaban J connectivity index is 1.41. The van der Waals surface area contributed by atoms with Gasteiger partial charge in [0, 0.05) is 56.4 Å². The van der Waals surface area contributed by atoms with Crippen molar-refractivity contribution in [1.29, 1.82) is 0 Å². The first-order valence-electron chi connectivity index (χ1n) is 11.0. The van der Waals surface area contributed by atoms with Crippen LogP contribution in [0.5, 0.6) is 0 Å². The molecule has 0 saturated heterocycles. The van der Waals surface area contributed by atoms with E-state index >= 15 is 0 Å². The van der Waals surface area contributed by atoms with E-state index in [0.717, 1.165) is 18.4 Å². The van der Waals surface area contributed by atoms with E-state index in [-0.39, 0.29) is 29.0 Å². The number of nitrogens with one attached hydrogen (secondary N) is 2. The summed E-state index contributed by atoms with van der Waals surface area (Å²) in [6.07, 6.45) is 8.60. The third-order valence-electron chi connectivity index (χ3n) is 4.86. The molecular formula is C23H29N7O3. The summed E-state index contributed by atoms with van der Waals surface area (Å²) in [6, 6.07) is 6.86. The summed E-state index contributed by atoms with van der Waals surface area (Å²) >= 11 is 0. The van der Waals surface area contributed by atoms with Gasteiger partial charge in [0.2, 0.25) is 5.91 Å². The van der Waals surface area contributed by atoms with Crippen molar-refractivity contribution in [1.82, 2.24) is 29.9 Å². The van der Waals surface area contributed by atoms with Crippen LogP contribution in [0.3, 0.4) is 0 Å². The van der Waals surface area contributed by atoms with Crippen LogP contribution in [0.25, 0.3) is 0 Å². The lowest BCUT2D eigenvalue weighted by Crippen LogP contribution is -2.23. The fraction of sp³-hybridized carbons (Fsp3) is 0.391. The van der Waals surface area contributed by atoms with Crippen LogP contribution in [0, 0.1) is 5.92 Å². The van der Waals surface area contributed by atoms with Crippen molar-refractivity contribution < 1.29 is 9.59 Å². The van der Waals surface area contributed by atoms with Crippen molar-refractivity contribution in [2.24, 2.45) is 5.92 Å². The van der Waals surface area contributed by atoms with Crippen LogP contribution in [0.1, 0.15) is 49.2 Å². The van der Waals surface area contributed by atoms with Crippen LogP contribution in [0.2, 0.25) is 0 Å². The average molecular weight is 452 g/mol. The highest BCUT2D eigenvalue weighted by Gasteiger charge is 2.11. The first-order chi connectivity index (χ1) is 15.9. The number of hydrogen-bond donors (Lipinski definition) is 2. The van der Waals surface area contributed by atoms with E-state index in [9.17, 15) is 14.4 Å². The van der Waals surface area contributed by atoms with E-state index < -0.39 is 0 Å². The van der Waals surface area contributed by atoms with Crippen LogP contribution in [-0.2, 0) is 24.4 Å². The second-order valence-electron chi connectivity index (χ2n) is 8.21. The van der Waals surface area contributed by atoms with Crippen molar-refractivity contribution in [3.05, 3.63) is 70.7 Å². The standard InChI is InChI=1S/C23H29N7O3/c1-17(2)12-21(31)26-19-7-11-29(22(32)13-19)9-3-4-10-30-16-20(27-28-30)23(33)25-15-18-6-5-8-24-14-18/h5-8,11,13-14,16-17H,3-4,9-10,12,15H2,1-2H3,(H,25,33)(H,26,31). The monoisotopic (exact) mass is 451 g/mol. The second kappa shape index (κ2) is 11.7. The molecular weight excluding hydrogens is 422 g/mol. The highest BCUT2D eigenvalue weighted by molar-refractivity contribution is 5.91. The van der Waals surface area contributed by atoms with Gasteiger partial charge in [0.05, 0.1) is 6.20 Å². The molecule has 0 aliphatic heterocycles. The molecule has 3 rings (SSSR count). The fourth-order valence-corrected chi connectivity index (χ4v) is 3.20. The summed E-state index contributed by atoms with van der Waals surface area (Å²) < 4.78 is 3.23. The van der Waals surface area contributed by atoms with Crippen LogP contribution in [0.4, 0.5) is 5.69 Å². The maximum absolute atomic E-state index is 12.3. The Hall–Kier alpha value is -3.82. The van der Waals surface area contributed by atoms with Gasteiger partial charge in [0.15, 0.2) is 5.69 Å². The quantitative estimate of drug-likeness (QED) is 0.431. The molecule has 10 heteroatoms. The predicted octanol–water partition coefficient (Wildman–Crippen LogP) is 2.23. The summed E-state index contributed by atoms with van der Waals surface area (Å²) in [5, 5.41) is 13.5. The molecule has 0 bridgehead atoms. The van der Waals surface area contributed by atoms with Crippen LogP contribution in [0.15, 0.2) is 53.8 Å². The number of aryl methyl sites for hydroxylation is 2. The molecule has 0 aliphatic rings. The highest BCUT2D eigenvalue weighted by atomic mass is 16.2. The SMILES string of the molecule is CC(C)CC(=O)Nc1ccn(CCCCn2cc(C(=O)NCc3cccnc3)nn2)c(=O)c1. The largest absolute Gasteiger partial charge is 0.346 e. The molecule has 0 spiro atoms. The molecule has 0 aliphatic carbocycles. The molecule has 174 valence electrons. The zero-order valence-corrected chi connectivity index (χ0v) is 18.9. The predicted molar refractivity (Wildman–Crippen MR) is 123 cm³/mol. The smallest absolute Gasteiger partial charge is 0.273 e. The zero-order valence-electron chi connectivity index (χ0n) is 18.9. The average Bonchev–Trinajstić information content (AvgIpc) is 3.25. The molecule has 2 N–H and O–H groups in total. The minimum absolute atomic E-state index is 0.0971. The number of carbonyl (C=O) groups excluding carboxylic acids is 2. The molecule has 0 fully saturated rings. The van der Waals surface area contributed by atoms with E-state index in [4.69, 9.17) is 0 Å². The number of rotatable bonds is 11. The van der Waals surface area contributed by atoms with Crippen molar-refractivity contribution in [2.45, 2.75) is 52.7 Å². The van der Waals surface area contributed by atoms with E-state index in [1.165, 1.54) is 6.07 Å². The number of unbranched alkanes of at least 4 members (excludes halogenated alkanes) is 1. The molecule has 0 aromatic carbocycles. The lowest BCUT2D eigenvalue weighted by molar-refractivity contribution is -0.116. The zero-order chi connectivity index (χ0) is 23.6. The first kappa shape index (κ1) is 23.8. The van der Waals surface area contributed by atoms with Gasteiger partial charge in [-0.15, -0.1) is 5.10 Å². The summed E-state index contributed by atoms with van der Waals surface area (Å²) in [6.45, 7) is 5.44. The van der Waals surface area contributed by atoms with Crippen molar-refractivity contribution in [2.75, 3.05) is 5.32 Å². The molecule has 0 saturated carbocycles. The van der Waals surface area contributed by atoms with Gasteiger partial charge in [-0.05, 0) is 36.5 Å². The van der Waals surface area contributed by atoms with Gasteiger partial charge in [0.25, 0.3) is 11.5 Å². The second-order valence-corrected chi connectivity index (χ2v) is 8.21. The topological polar surface area (TPSA) is 124 Å². The Morgan fingerprint density at radius 2 is 1.97 bits per heavy atom. The normalized spacial score (nSPS) is 10.9. The van der Waals surface area contributed by atoms with E-state index in [0.29, 0.717) is 31.7 Å². The molecule has 3 aromatic rings. The van der Waals surface area contributed by atoms with Crippen molar-refractivity contribution in [3.63, 3.8) is 0 Å². The molecule has 0 unspecified atom stereocenters. The Morgan fingerprint density at radius 3 is 2.70 bits per heavy atom.